The van der Waals surface area contributed by atoms with Gasteiger partial charge in [0.15, 0.2) is 12.2 Å². The number of carbonyl (C=O) groups is 7. The van der Waals surface area contributed by atoms with E-state index in [1.54, 1.807) is 0 Å². The highest BCUT2D eigenvalue weighted by atomic mass is 16.8. The summed E-state index contributed by atoms with van der Waals surface area (Å²) in [6.07, 6.45) is -5.41. The minimum atomic E-state index is -2.64. The van der Waals surface area contributed by atoms with Crippen LogP contribution in [0, 0.1) is 5.92 Å². The Morgan fingerprint density at radius 3 is 1.93 bits per heavy atom. The predicted molar refractivity (Wildman–Crippen MR) is 131 cm³/mol. The third kappa shape index (κ3) is 9.03. The van der Waals surface area contributed by atoms with E-state index < -0.39 is 90.5 Å². The summed E-state index contributed by atoms with van der Waals surface area (Å²) in [5.74, 6) is -10.4. The number of nitrogens with one attached hydrogen (secondary N) is 1. The molecule has 7 atom stereocenters. The lowest BCUT2D eigenvalue weighted by Crippen LogP contribution is -2.73. The van der Waals surface area contributed by atoms with Crippen LogP contribution in [0.4, 0.5) is 0 Å². The van der Waals surface area contributed by atoms with Crippen LogP contribution in [0.5, 0.6) is 0 Å². The van der Waals surface area contributed by atoms with Crippen LogP contribution in [-0.2, 0) is 66.7 Å². The maximum Gasteiger partial charge on any atom is 0.380 e. The molecule has 15 heteroatoms. The van der Waals surface area contributed by atoms with Crippen molar-refractivity contribution >= 4 is 41.7 Å². The van der Waals surface area contributed by atoms with Crippen molar-refractivity contribution in [3.05, 3.63) is 12.7 Å². The van der Waals surface area contributed by atoms with E-state index in [4.69, 9.17) is 33.2 Å². The van der Waals surface area contributed by atoms with Gasteiger partial charge in [0.05, 0.1) is 19.1 Å². The van der Waals surface area contributed by atoms with Crippen LogP contribution in [0.3, 0.4) is 0 Å². The molecule has 1 aliphatic heterocycles. The highest BCUT2D eigenvalue weighted by Gasteiger charge is 2.65. The molecule has 1 saturated heterocycles. The summed E-state index contributed by atoms with van der Waals surface area (Å²) < 4.78 is 37.6. The second kappa shape index (κ2) is 15.0. The lowest BCUT2D eigenvalue weighted by atomic mass is 9.78. The second-order valence-corrected chi connectivity index (χ2v) is 8.79. The Kier molecular flexibility index (Phi) is 12.7. The molecule has 0 aromatic rings. The minimum absolute atomic E-state index is 0.178. The van der Waals surface area contributed by atoms with Gasteiger partial charge in [-0.1, -0.05) is 6.08 Å². The van der Waals surface area contributed by atoms with Crippen molar-refractivity contribution in [3.63, 3.8) is 0 Å². The van der Waals surface area contributed by atoms with Gasteiger partial charge in [-0.2, -0.15) is 0 Å². The van der Waals surface area contributed by atoms with Crippen LogP contribution in [0.1, 0.15) is 48.0 Å². The molecule has 1 aliphatic rings. The molecule has 40 heavy (non-hydrogen) atoms. The van der Waals surface area contributed by atoms with Gasteiger partial charge in [-0.05, 0) is 6.42 Å². The van der Waals surface area contributed by atoms with Crippen LogP contribution in [-0.4, -0.2) is 91.7 Å². The number of allylic oxidation sites excluding steroid dienone is 1. The Labute approximate surface area is 230 Å². The lowest BCUT2D eigenvalue weighted by Gasteiger charge is -2.51. The van der Waals surface area contributed by atoms with E-state index >= 15 is 0 Å². The highest BCUT2D eigenvalue weighted by Crippen LogP contribution is 2.43. The molecule has 0 spiro atoms. The van der Waals surface area contributed by atoms with Crippen LogP contribution >= 0.6 is 0 Å². The Bertz CT molecular complexity index is 1010. The third-order valence-corrected chi connectivity index (χ3v) is 5.52. The largest absolute Gasteiger partial charge is 0.464 e. The summed E-state index contributed by atoms with van der Waals surface area (Å²) in [5.41, 5.74) is 0. The summed E-state index contributed by atoms with van der Waals surface area (Å²) in [6.45, 7) is 9.22. The first-order valence-electron chi connectivity index (χ1n) is 12.1. The first-order valence-corrected chi connectivity index (χ1v) is 12.1. The fourth-order valence-corrected chi connectivity index (χ4v) is 4.35. The Morgan fingerprint density at radius 1 is 0.900 bits per heavy atom. The molecule has 1 N–H and O–H groups in total. The van der Waals surface area contributed by atoms with Gasteiger partial charge < -0.3 is 38.5 Å². The van der Waals surface area contributed by atoms with Gasteiger partial charge in [-0.25, -0.2) is 4.79 Å². The average Bonchev–Trinajstić information content (AvgIpc) is 2.82. The zero-order chi connectivity index (χ0) is 30.8. The molecule has 1 unspecified atom stereocenters. The van der Waals surface area contributed by atoms with E-state index in [1.807, 2.05) is 0 Å². The average molecular weight is 574 g/mol. The van der Waals surface area contributed by atoms with Crippen LogP contribution in [0.25, 0.3) is 0 Å². The molecule has 1 fully saturated rings. The molecule has 0 saturated carbocycles. The van der Waals surface area contributed by atoms with Crippen molar-refractivity contribution in [3.8, 4) is 0 Å². The number of amides is 1. The van der Waals surface area contributed by atoms with Crippen molar-refractivity contribution in [2.45, 2.75) is 84.2 Å². The Balaban J connectivity index is 4.06. The van der Waals surface area contributed by atoms with Gasteiger partial charge in [0, 0.05) is 41.5 Å². The zero-order valence-electron chi connectivity index (χ0n) is 23.4. The first-order chi connectivity index (χ1) is 18.6. The fourth-order valence-electron chi connectivity index (χ4n) is 4.35. The number of hydrogen-bond acceptors (Lipinski definition) is 14. The number of hydrogen-bond donors (Lipinski definition) is 1. The van der Waals surface area contributed by atoms with Crippen LogP contribution < -0.4 is 5.32 Å². The summed E-state index contributed by atoms with van der Waals surface area (Å²) in [6, 6.07) is -1.42. The predicted octanol–water partition coefficient (Wildman–Crippen LogP) is -0.127. The van der Waals surface area contributed by atoms with Gasteiger partial charge >= 0.3 is 41.6 Å². The maximum atomic E-state index is 13.3. The fraction of sp³-hybridized carbons (Fsp3) is 0.640. The topological polar surface area (TPSA) is 196 Å². The Hall–Kier alpha value is -4.01. The third-order valence-electron chi connectivity index (χ3n) is 5.52. The van der Waals surface area contributed by atoms with E-state index in [0.717, 1.165) is 48.7 Å². The normalized spacial score (nSPS) is 25.2. The quantitative estimate of drug-likeness (QED) is 0.184. The molecule has 1 rings (SSSR count). The van der Waals surface area contributed by atoms with Gasteiger partial charge in [0.1, 0.15) is 18.8 Å². The van der Waals surface area contributed by atoms with Crippen molar-refractivity contribution in [1.29, 1.82) is 0 Å². The zero-order valence-corrected chi connectivity index (χ0v) is 23.4. The summed E-state index contributed by atoms with van der Waals surface area (Å²) in [5, 5.41) is 2.54. The smallest absolute Gasteiger partial charge is 0.380 e. The summed E-state index contributed by atoms with van der Waals surface area (Å²) in [4.78, 5) is 85.8. The SMILES string of the molecule is C=CC[C@H]1[C@H](OC(C)=O)[C@@H](NC(C)=O)[C@H]([C@H](OC(C)=O)[C@@H](COC(C)=O)OC(C)=O)OC1(OC(C)=O)C(=O)OC. The van der Waals surface area contributed by atoms with E-state index in [-0.39, 0.29) is 6.42 Å². The molecule has 0 aliphatic carbocycles. The monoisotopic (exact) mass is 573 g/mol. The lowest BCUT2D eigenvalue weighted by molar-refractivity contribution is -0.326. The number of methoxy groups -OCH3 is 1. The summed E-state index contributed by atoms with van der Waals surface area (Å²) >= 11 is 0. The number of ether oxygens (including phenoxy) is 7. The number of carbonyl (C=O) groups excluding carboxylic acids is 7. The van der Waals surface area contributed by atoms with Crippen molar-refractivity contribution < 1.29 is 66.7 Å². The molecule has 1 amide bonds. The molecule has 224 valence electrons. The summed E-state index contributed by atoms with van der Waals surface area (Å²) in [7, 11) is 0.976. The Morgan fingerprint density at radius 2 is 1.50 bits per heavy atom. The molecule has 0 bridgehead atoms. The van der Waals surface area contributed by atoms with Gasteiger partial charge in [0.2, 0.25) is 5.91 Å². The van der Waals surface area contributed by atoms with E-state index in [9.17, 15) is 33.6 Å². The van der Waals surface area contributed by atoms with E-state index in [2.05, 4.69) is 11.9 Å². The number of esters is 6. The molecule has 0 aromatic heterocycles. The highest BCUT2D eigenvalue weighted by molar-refractivity contribution is 5.82. The van der Waals surface area contributed by atoms with Gasteiger partial charge in [0.25, 0.3) is 0 Å². The van der Waals surface area contributed by atoms with Gasteiger partial charge in [-0.3, -0.25) is 28.8 Å². The number of rotatable bonds is 12. The second-order valence-electron chi connectivity index (χ2n) is 8.79. The molecule has 15 nitrogen and oxygen atoms in total. The molecule has 0 aromatic carbocycles. The van der Waals surface area contributed by atoms with Crippen LogP contribution in [0.2, 0.25) is 0 Å². The molecular weight excluding hydrogens is 538 g/mol. The van der Waals surface area contributed by atoms with E-state index in [1.165, 1.54) is 6.08 Å². The maximum absolute atomic E-state index is 13.3. The first kappa shape index (κ1) is 34.0. The molecule has 1 heterocycles. The molecular formula is C25H35NO14. The van der Waals surface area contributed by atoms with Gasteiger partial charge in [-0.15, -0.1) is 6.58 Å². The minimum Gasteiger partial charge on any atom is -0.464 e. The standard InChI is InChI=1S/C25H35NO14/c1-9-10-18-21(37-15(5)30)20(26-12(2)27)23(40-25(18,24(33)34-8)39-17(7)32)22(38-16(6)31)19(36-14(4)29)11-35-13(3)28/h9,18-23H,1,10-11H2,2-8H3,(H,26,27)/t18-,19+,20+,21-,22+,23+,25?/m0/s1. The van der Waals surface area contributed by atoms with Crippen molar-refractivity contribution in [2.24, 2.45) is 5.92 Å². The van der Waals surface area contributed by atoms with E-state index in [0.29, 0.717) is 0 Å². The molecule has 0 radical (unpaired) electrons. The van der Waals surface area contributed by atoms with Crippen LogP contribution in [0.15, 0.2) is 12.7 Å². The van der Waals surface area contributed by atoms with Crippen molar-refractivity contribution in [2.75, 3.05) is 13.7 Å². The van der Waals surface area contributed by atoms with Crippen molar-refractivity contribution in [1.82, 2.24) is 5.32 Å².